The third-order valence-corrected chi connectivity index (χ3v) is 7.52. The van der Waals surface area contributed by atoms with Gasteiger partial charge in [-0.05, 0) is 56.2 Å². The highest BCUT2D eigenvalue weighted by Gasteiger charge is 2.34. The van der Waals surface area contributed by atoms with E-state index in [0.29, 0.717) is 9.87 Å². The smallest absolute Gasteiger partial charge is 0.244 e. The maximum Gasteiger partial charge on any atom is 0.244 e. The molecule has 1 unspecified atom stereocenters. The number of nitrogens with one attached hydrogen (secondary N) is 1. The second kappa shape index (κ2) is 12.9. The van der Waals surface area contributed by atoms with Crippen molar-refractivity contribution in [2.45, 2.75) is 45.3 Å². The molecule has 40 heavy (non-hydrogen) atoms. The average molecular weight is 637 g/mol. The lowest BCUT2D eigenvalue weighted by Gasteiger charge is -2.35. The number of rotatable bonds is 10. The van der Waals surface area contributed by atoms with Crippen LogP contribution in [-0.2, 0) is 32.6 Å². The number of carbonyl (C=O) groups is 2. The van der Waals surface area contributed by atoms with Gasteiger partial charge in [-0.1, -0.05) is 58.4 Å². The maximum absolute atomic E-state index is 14.0. The molecule has 0 aliphatic heterocycles. The van der Waals surface area contributed by atoms with E-state index in [1.165, 1.54) is 4.90 Å². The fourth-order valence-corrected chi connectivity index (χ4v) is 5.38. The highest BCUT2D eigenvalue weighted by Crippen LogP contribution is 2.23. The van der Waals surface area contributed by atoms with E-state index in [1.807, 2.05) is 57.2 Å². The first-order valence-electron chi connectivity index (χ1n) is 12.5. The fraction of sp³-hybridized carbons (Fsp3) is 0.310. The summed E-state index contributed by atoms with van der Waals surface area (Å²) < 4.78 is 54.5. The minimum Gasteiger partial charge on any atom is -0.350 e. The molecule has 0 fully saturated rings. The van der Waals surface area contributed by atoms with Crippen LogP contribution in [0.5, 0.6) is 0 Å². The van der Waals surface area contributed by atoms with Crippen LogP contribution in [-0.4, -0.2) is 49.5 Å². The van der Waals surface area contributed by atoms with Gasteiger partial charge in [0.1, 0.15) is 12.6 Å². The summed E-state index contributed by atoms with van der Waals surface area (Å²) in [5, 5.41) is 2.94. The first-order valence-corrected chi connectivity index (χ1v) is 15.1. The Bertz CT molecular complexity index is 1460. The predicted octanol–water partition coefficient (Wildman–Crippen LogP) is 5.05. The van der Waals surface area contributed by atoms with Crippen molar-refractivity contribution in [3.05, 3.63) is 100 Å². The summed E-state index contributed by atoms with van der Waals surface area (Å²) >= 11 is 3.42. The van der Waals surface area contributed by atoms with Crippen molar-refractivity contribution in [3.8, 4) is 0 Å². The quantitative estimate of drug-likeness (QED) is 0.338. The zero-order valence-corrected chi connectivity index (χ0v) is 25.1. The van der Waals surface area contributed by atoms with Gasteiger partial charge in [0.25, 0.3) is 0 Å². The Morgan fingerprint density at radius 3 is 2.15 bits per heavy atom. The van der Waals surface area contributed by atoms with E-state index in [1.54, 1.807) is 18.2 Å². The van der Waals surface area contributed by atoms with Crippen LogP contribution in [0.15, 0.2) is 77.3 Å². The molecule has 0 spiro atoms. The number of hydrogen-bond donors (Lipinski definition) is 1. The molecule has 0 saturated heterocycles. The van der Waals surface area contributed by atoms with E-state index in [2.05, 4.69) is 21.2 Å². The molecule has 7 nitrogen and oxygen atoms in total. The van der Waals surface area contributed by atoms with Crippen molar-refractivity contribution in [2.75, 3.05) is 17.1 Å². The van der Waals surface area contributed by atoms with Crippen molar-refractivity contribution < 1.29 is 26.8 Å². The number of hydrogen-bond acceptors (Lipinski definition) is 4. The largest absolute Gasteiger partial charge is 0.350 e. The van der Waals surface area contributed by atoms with E-state index in [0.717, 1.165) is 34.5 Å². The van der Waals surface area contributed by atoms with Crippen molar-refractivity contribution in [1.82, 2.24) is 10.2 Å². The van der Waals surface area contributed by atoms with E-state index in [4.69, 9.17) is 0 Å². The molecule has 0 bridgehead atoms. The summed E-state index contributed by atoms with van der Waals surface area (Å²) in [5.41, 5.74) is 0.671. The summed E-state index contributed by atoms with van der Waals surface area (Å²) in [4.78, 5) is 29.0. The minimum absolute atomic E-state index is 0.0112. The Balaban J connectivity index is 2.09. The fourth-order valence-electron chi connectivity index (χ4n) is 4.09. The number of nitrogens with zero attached hydrogens (tertiary/aromatic N) is 2. The molecular formula is C29H32BrF2N3O4S. The van der Waals surface area contributed by atoms with Gasteiger partial charge in [-0.2, -0.15) is 0 Å². The van der Waals surface area contributed by atoms with Gasteiger partial charge >= 0.3 is 0 Å². The van der Waals surface area contributed by atoms with Crippen molar-refractivity contribution in [1.29, 1.82) is 0 Å². The van der Waals surface area contributed by atoms with Crippen molar-refractivity contribution in [3.63, 3.8) is 0 Å². The molecule has 1 atom stereocenters. The average Bonchev–Trinajstić information content (AvgIpc) is 2.85. The normalized spacial score (nSPS) is 12.5. The van der Waals surface area contributed by atoms with Crippen LogP contribution in [0.2, 0.25) is 0 Å². The van der Waals surface area contributed by atoms with Crippen LogP contribution < -0.4 is 9.62 Å². The molecule has 3 aromatic carbocycles. The number of anilines is 1. The molecule has 0 aromatic heterocycles. The third-order valence-electron chi connectivity index (χ3n) is 5.88. The Labute approximate surface area is 242 Å². The Morgan fingerprint density at radius 2 is 1.57 bits per heavy atom. The molecule has 0 heterocycles. The lowest BCUT2D eigenvalue weighted by atomic mass is 10.0. The Hall–Kier alpha value is -3.31. The van der Waals surface area contributed by atoms with Crippen LogP contribution in [0.3, 0.4) is 0 Å². The second-order valence-electron chi connectivity index (χ2n) is 10.5. The molecule has 1 N–H and O–H groups in total. The van der Waals surface area contributed by atoms with Crippen molar-refractivity contribution >= 4 is 43.5 Å². The Kier molecular flexibility index (Phi) is 10.1. The molecule has 2 amide bonds. The van der Waals surface area contributed by atoms with Gasteiger partial charge in [0.05, 0.1) is 11.9 Å². The maximum atomic E-state index is 14.0. The van der Waals surface area contributed by atoms with Gasteiger partial charge in [0.2, 0.25) is 21.8 Å². The summed E-state index contributed by atoms with van der Waals surface area (Å²) in [7, 11) is -4.10. The van der Waals surface area contributed by atoms with E-state index >= 15 is 0 Å². The van der Waals surface area contributed by atoms with Crippen molar-refractivity contribution in [2.24, 2.45) is 0 Å². The summed E-state index contributed by atoms with van der Waals surface area (Å²) in [6.45, 7) is 4.72. The zero-order chi connectivity index (χ0) is 29.7. The van der Waals surface area contributed by atoms with Crippen LogP contribution >= 0.6 is 15.9 Å². The van der Waals surface area contributed by atoms with Gasteiger partial charge in [-0.15, -0.1) is 0 Å². The van der Waals surface area contributed by atoms with Crippen LogP contribution in [0, 0.1) is 11.6 Å². The number of halogens is 3. The SMILES string of the molecule is CC(C)(C)NC(=O)C(Cc1ccccc1)N(Cc1cccc(Br)c1)C(=O)CN(c1ccc(F)c(F)c1)S(C)(=O)=O. The molecule has 0 saturated carbocycles. The van der Waals surface area contributed by atoms with Gasteiger partial charge in [0.15, 0.2) is 11.6 Å². The number of benzene rings is 3. The first kappa shape index (κ1) is 31.2. The topological polar surface area (TPSA) is 86.8 Å². The first-order chi connectivity index (χ1) is 18.6. The summed E-state index contributed by atoms with van der Waals surface area (Å²) in [6.07, 6.45) is 1.03. The lowest BCUT2D eigenvalue weighted by Crippen LogP contribution is -2.56. The molecule has 0 radical (unpaired) electrons. The molecule has 0 aliphatic rings. The molecule has 3 aromatic rings. The van der Waals surface area contributed by atoms with Gasteiger partial charge in [-0.3, -0.25) is 13.9 Å². The predicted molar refractivity (Wildman–Crippen MR) is 155 cm³/mol. The van der Waals surface area contributed by atoms with Gasteiger partial charge < -0.3 is 10.2 Å². The number of carbonyl (C=O) groups excluding carboxylic acids is 2. The molecule has 214 valence electrons. The van der Waals surface area contributed by atoms with Crippen LogP contribution in [0.25, 0.3) is 0 Å². The summed E-state index contributed by atoms with van der Waals surface area (Å²) in [5.74, 6) is -3.52. The molecular weight excluding hydrogens is 604 g/mol. The van der Waals surface area contributed by atoms with E-state index in [9.17, 15) is 26.8 Å². The monoisotopic (exact) mass is 635 g/mol. The minimum atomic E-state index is -4.10. The number of sulfonamides is 1. The molecule has 3 rings (SSSR count). The second-order valence-corrected chi connectivity index (χ2v) is 13.3. The van der Waals surface area contributed by atoms with E-state index < -0.39 is 51.6 Å². The highest BCUT2D eigenvalue weighted by atomic mass is 79.9. The van der Waals surface area contributed by atoms with E-state index in [-0.39, 0.29) is 18.7 Å². The highest BCUT2D eigenvalue weighted by molar-refractivity contribution is 9.10. The van der Waals surface area contributed by atoms with Crippen LogP contribution in [0.4, 0.5) is 14.5 Å². The third kappa shape index (κ3) is 8.85. The number of amides is 2. The lowest BCUT2D eigenvalue weighted by molar-refractivity contribution is -0.140. The standard InChI is InChI=1S/C29H32BrF2N3O4S/c1-29(2,3)33-28(37)26(16-20-9-6-5-7-10-20)34(18-21-11-8-12-22(30)15-21)27(36)19-35(40(4,38)39)23-13-14-24(31)25(32)17-23/h5-15,17,26H,16,18-19H2,1-4H3,(H,33,37). The summed E-state index contributed by atoms with van der Waals surface area (Å²) in [6, 6.07) is 17.9. The molecule has 11 heteroatoms. The van der Waals surface area contributed by atoms with Crippen LogP contribution in [0.1, 0.15) is 31.9 Å². The zero-order valence-electron chi connectivity index (χ0n) is 22.7. The van der Waals surface area contributed by atoms with Gasteiger partial charge in [0, 0.05) is 29.0 Å². The van der Waals surface area contributed by atoms with Gasteiger partial charge in [-0.25, -0.2) is 17.2 Å². The molecule has 0 aliphatic carbocycles. The Morgan fingerprint density at radius 1 is 0.925 bits per heavy atom.